The summed E-state index contributed by atoms with van der Waals surface area (Å²) in [5.41, 5.74) is 0. The fraction of sp³-hybridized carbons (Fsp3) is 1.00. The third-order valence-corrected chi connectivity index (χ3v) is 2.60. The molecule has 0 saturated heterocycles. The van der Waals surface area contributed by atoms with Crippen molar-refractivity contribution in [1.82, 2.24) is 0 Å². The lowest BCUT2D eigenvalue weighted by molar-refractivity contribution is 0.647. The van der Waals surface area contributed by atoms with E-state index in [0.29, 0.717) is 10.6 Å². The molecule has 0 bridgehead atoms. The van der Waals surface area contributed by atoms with Crippen molar-refractivity contribution in [2.45, 2.75) is 59.0 Å². The Morgan fingerprint density at radius 1 is 0.700 bits per heavy atom. The largest absolute Gasteiger partial charge is 0.147 e. The highest BCUT2D eigenvalue weighted by Gasteiger charge is 2.33. The van der Waals surface area contributed by atoms with Gasteiger partial charge in [0.2, 0.25) is 0 Å². The van der Waals surface area contributed by atoms with Gasteiger partial charge in [-0.05, 0) is 0 Å². The standard InChI is InChI=1S/C9H21B/c1-8(2,3)10(7)9(4,5)6/h1-7H3. The normalized spacial score (nSPS) is 13.5. The first-order valence-electron chi connectivity index (χ1n) is 4.15. The Morgan fingerprint density at radius 2 is 0.900 bits per heavy atom. The van der Waals surface area contributed by atoms with E-state index in [4.69, 9.17) is 0 Å². The van der Waals surface area contributed by atoms with Crippen molar-refractivity contribution < 1.29 is 0 Å². The summed E-state index contributed by atoms with van der Waals surface area (Å²) in [6.45, 7) is 16.9. The summed E-state index contributed by atoms with van der Waals surface area (Å²) >= 11 is 0. The van der Waals surface area contributed by atoms with E-state index in [1.54, 1.807) is 0 Å². The zero-order chi connectivity index (χ0) is 8.58. The Hall–Kier alpha value is 0.0649. The molecule has 10 heavy (non-hydrogen) atoms. The lowest BCUT2D eigenvalue weighted by atomic mass is 9.25. The van der Waals surface area contributed by atoms with E-state index in [1.807, 2.05) is 0 Å². The lowest BCUT2D eigenvalue weighted by Gasteiger charge is -2.35. The highest BCUT2D eigenvalue weighted by atomic mass is 14.1. The van der Waals surface area contributed by atoms with Crippen molar-refractivity contribution in [1.29, 1.82) is 0 Å². The molecule has 0 aliphatic heterocycles. The first-order valence-corrected chi connectivity index (χ1v) is 4.15. The molecule has 0 aromatic carbocycles. The minimum absolute atomic E-state index is 0.443. The van der Waals surface area contributed by atoms with Gasteiger partial charge in [-0.2, -0.15) is 0 Å². The van der Waals surface area contributed by atoms with E-state index in [1.165, 1.54) is 0 Å². The van der Waals surface area contributed by atoms with Crippen molar-refractivity contribution in [3.8, 4) is 0 Å². The van der Waals surface area contributed by atoms with Gasteiger partial charge in [0, 0.05) is 0 Å². The molecule has 0 rings (SSSR count). The van der Waals surface area contributed by atoms with Crippen molar-refractivity contribution in [2.75, 3.05) is 0 Å². The van der Waals surface area contributed by atoms with Crippen LogP contribution in [0.25, 0.3) is 0 Å². The summed E-state index contributed by atoms with van der Waals surface area (Å²) in [6.07, 6.45) is 0. The molecular weight excluding hydrogens is 119 g/mol. The van der Waals surface area contributed by atoms with Gasteiger partial charge in [-0.25, -0.2) is 0 Å². The molecule has 0 nitrogen and oxygen atoms in total. The summed E-state index contributed by atoms with van der Waals surface area (Å²) in [7, 11) is 0. The smallest absolute Gasteiger partial charge is 0.0853 e. The second-order valence-electron chi connectivity index (χ2n) is 5.45. The van der Waals surface area contributed by atoms with E-state index in [-0.39, 0.29) is 0 Å². The molecule has 0 amide bonds. The number of hydrogen-bond donors (Lipinski definition) is 0. The number of hydrogen-bond acceptors (Lipinski definition) is 0. The second kappa shape index (κ2) is 2.60. The van der Waals surface area contributed by atoms with Crippen LogP contribution < -0.4 is 0 Å². The molecule has 0 radical (unpaired) electrons. The van der Waals surface area contributed by atoms with Crippen LogP contribution in [-0.2, 0) is 0 Å². The summed E-state index contributed by atoms with van der Waals surface area (Å²) < 4.78 is 0. The lowest BCUT2D eigenvalue weighted by Crippen LogP contribution is -2.31. The average molecular weight is 140 g/mol. The van der Waals surface area contributed by atoms with Gasteiger partial charge in [-0.1, -0.05) is 59.0 Å². The van der Waals surface area contributed by atoms with Crippen LogP contribution in [-0.4, -0.2) is 6.71 Å². The maximum absolute atomic E-state index is 2.33. The summed E-state index contributed by atoms with van der Waals surface area (Å²) in [5.74, 6) is 0. The molecule has 0 atom stereocenters. The highest BCUT2D eigenvalue weighted by Crippen LogP contribution is 2.41. The third kappa shape index (κ3) is 2.77. The van der Waals surface area contributed by atoms with Gasteiger partial charge in [0.25, 0.3) is 0 Å². The monoisotopic (exact) mass is 140 g/mol. The predicted octanol–water partition coefficient (Wildman–Crippen LogP) is 3.71. The molecule has 0 aromatic rings. The molecule has 0 N–H and O–H groups in total. The maximum Gasteiger partial charge on any atom is 0.147 e. The topological polar surface area (TPSA) is 0 Å². The fourth-order valence-electron chi connectivity index (χ4n) is 1.30. The molecule has 0 fully saturated rings. The van der Waals surface area contributed by atoms with Crippen molar-refractivity contribution >= 4 is 6.71 Å². The van der Waals surface area contributed by atoms with Gasteiger partial charge in [0.1, 0.15) is 6.71 Å². The molecule has 0 heterocycles. The Bertz CT molecular complexity index is 88.9. The quantitative estimate of drug-likeness (QED) is 0.450. The summed E-state index contributed by atoms with van der Waals surface area (Å²) in [6, 6.07) is 0. The van der Waals surface area contributed by atoms with Gasteiger partial charge in [-0.3, -0.25) is 0 Å². The Morgan fingerprint density at radius 3 is 0.900 bits per heavy atom. The van der Waals surface area contributed by atoms with Gasteiger partial charge in [0.05, 0.1) is 0 Å². The second-order valence-corrected chi connectivity index (χ2v) is 5.45. The Kier molecular flexibility index (Phi) is 2.61. The zero-order valence-electron chi connectivity index (χ0n) is 8.58. The SMILES string of the molecule is CB(C(C)(C)C)C(C)(C)C. The molecule has 0 aromatic heterocycles. The Balaban J connectivity index is 4.23. The van der Waals surface area contributed by atoms with Gasteiger partial charge < -0.3 is 0 Å². The van der Waals surface area contributed by atoms with Crippen LogP contribution in [0.15, 0.2) is 0 Å². The van der Waals surface area contributed by atoms with E-state index in [9.17, 15) is 0 Å². The molecule has 0 aliphatic carbocycles. The van der Waals surface area contributed by atoms with E-state index in [2.05, 4.69) is 48.4 Å². The minimum atomic E-state index is 0.443. The first-order chi connectivity index (χ1) is 4.15. The van der Waals surface area contributed by atoms with Crippen LogP contribution >= 0.6 is 0 Å². The molecule has 0 unspecified atom stereocenters. The van der Waals surface area contributed by atoms with Crippen molar-refractivity contribution in [3.05, 3.63) is 0 Å². The van der Waals surface area contributed by atoms with Gasteiger partial charge in [-0.15, -0.1) is 0 Å². The molecule has 0 spiro atoms. The molecule has 0 saturated carbocycles. The fourth-order valence-corrected chi connectivity index (χ4v) is 1.30. The van der Waals surface area contributed by atoms with Crippen molar-refractivity contribution in [2.24, 2.45) is 0 Å². The van der Waals surface area contributed by atoms with Crippen LogP contribution in [0.2, 0.25) is 17.5 Å². The number of rotatable bonds is 0. The van der Waals surface area contributed by atoms with Gasteiger partial charge in [0.15, 0.2) is 0 Å². The summed E-state index contributed by atoms with van der Waals surface area (Å²) in [5, 5.41) is 0.885. The van der Waals surface area contributed by atoms with Crippen molar-refractivity contribution in [3.63, 3.8) is 0 Å². The van der Waals surface area contributed by atoms with Crippen LogP contribution in [0.1, 0.15) is 41.5 Å². The minimum Gasteiger partial charge on any atom is -0.0853 e. The predicted molar refractivity (Wildman–Crippen MR) is 51.0 cm³/mol. The highest BCUT2D eigenvalue weighted by molar-refractivity contribution is 6.63. The molecule has 1 heteroatoms. The maximum atomic E-state index is 2.33. The van der Waals surface area contributed by atoms with Crippen LogP contribution in [0, 0.1) is 0 Å². The third-order valence-electron chi connectivity index (χ3n) is 2.60. The molecule has 60 valence electrons. The van der Waals surface area contributed by atoms with Crippen LogP contribution in [0.4, 0.5) is 0 Å². The Labute approximate surface area is 66.5 Å². The first kappa shape index (κ1) is 10.1. The van der Waals surface area contributed by atoms with E-state index < -0.39 is 0 Å². The molecule has 0 aliphatic rings. The van der Waals surface area contributed by atoms with E-state index in [0.717, 1.165) is 6.71 Å². The summed E-state index contributed by atoms with van der Waals surface area (Å²) in [4.78, 5) is 0. The zero-order valence-corrected chi connectivity index (χ0v) is 8.58. The van der Waals surface area contributed by atoms with Crippen LogP contribution in [0.5, 0.6) is 0 Å². The van der Waals surface area contributed by atoms with Crippen LogP contribution in [0.3, 0.4) is 0 Å². The molecular formula is C9H21B. The van der Waals surface area contributed by atoms with E-state index >= 15 is 0 Å². The average Bonchev–Trinajstić information content (AvgIpc) is 1.59. The van der Waals surface area contributed by atoms with Gasteiger partial charge >= 0.3 is 0 Å².